The number of nitrogens with zero attached hydrogens (tertiary/aromatic N) is 1. The molecule has 0 bridgehead atoms. The number of hydrogen-bond acceptors (Lipinski definition) is 4. The summed E-state index contributed by atoms with van der Waals surface area (Å²) in [7, 11) is 0. The molecule has 0 saturated heterocycles. The fourth-order valence-electron chi connectivity index (χ4n) is 3.00. The van der Waals surface area contributed by atoms with Crippen molar-refractivity contribution in [2.75, 3.05) is 0 Å². The second-order valence-corrected chi connectivity index (χ2v) is 4.90. The molecule has 2 saturated carbocycles. The first-order chi connectivity index (χ1) is 8.12. The van der Waals surface area contributed by atoms with Crippen molar-refractivity contribution >= 4 is 11.6 Å². The third-order valence-corrected chi connectivity index (χ3v) is 3.98. The topological polar surface area (TPSA) is 83.9 Å². The van der Waals surface area contributed by atoms with E-state index in [0.29, 0.717) is 31.3 Å². The van der Waals surface area contributed by atoms with Crippen LogP contribution < -0.4 is 5.73 Å². The number of carbonyl (C=O) groups excluding carboxylic acids is 2. The highest BCUT2D eigenvalue weighted by molar-refractivity contribution is 6.15. The SMILES string of the molecule is N#C/C(N)=C1\CCCC2(CCCCC2=O)C1=O. The van der Waals surface area contributed by atoms with Gasteiger partial charge in [-0.2, -0.15) is 5.26 Å². The molecule has 0 aromatic heterocycles. The van der Waals surface area contributed by atoms with Gasteiger partial charge in [0.25, 0.3) is 0 Å². The number of carbonyl (C=O) groups is 2. The van der Waals surface area contributed by atoms with E-state index < -0.39 is 5.41 Å². The Bertz CT molecular complexity index is 441. The fourth-order valence-corrected chi connectivity index (χ4v) is 3.00. The molecule has 2 aliphatic rings. The van der Waals surface area contributed by atoms with E-state index >= 15 is 0 Å². The Morgan fingerprint density at radius 2 is 1.88 bits per heavy atom. The highest BCUT2D eigenvalue weighted by Crippen LogP contribution is 2.44. The lowest BCUT2D eigenvalue weighted by atomic mass is 9.62. The van der Waals surface area contributed by atoms with Gasteiger partial charge < -0.3 is 5.73 Å². The molecule has 2 N–H and O–H groups in total. The molecule has 0 heterocycles. The van der Waals surface area contributed by atoms with Crippen molar-refractivity contribution in [1.82, 2.24) is 0 Å². The summed E-state index contributed by atoms with van der Waals surface area (Å²) in [6.07, 6.45) is 4.85. The van der Waals surface area contributed by atoms with Crippen molar-refractivity contribution < 1.29 is 9.59 Å². The zero-order valence-corrected chi connectivity index (χ0v) is 9.79. The number of nitriles is 1. The molecule has 0 aromatic rings. The molecule has 1 spiro atoms. The summed E-state index contributed by atoms with van der Waals surface area (Å²) in [4.78, 5) is 24.5. The highest BCUT2D eigenvalue weighted by Gasteiger charge is 2.49. The summed E-state index contributed by atoms with van der Waals surface area (Å²) in [5.41, 5.74) is 5.10. The van der Waals surface area contributed by atoms with E-state index in [1.54, 1.807) is 0 Å². The third kappa shape index (κ3) is 1.76. The van der Waals surface area contributed by atoms with Crippen LogP contribution in [0.25, 0.3) is 0 Å². The van der Waals surface area contributed by atoms with E-state index in [2.05, 4.69) is 0 Å². The van der Waals surface area contributed by atoms with Crippen LogP contribution in [0.2, 0.25) is 0 Å². The Balaban J connectivity index is 2.40. The molecule has 0 aliphatic heterocycles. The van der Waals surface area contributed by atoms with Gasteiger partial charge in [-0.3, -0.25) is 9.59 Å². The van der Waals surface area contributed by atoms with Gasteiger partial charge in [0.15, 0.2) is 5.78 Å². The van der Waals surface area contributed by atoms with Crippen molar-refractivity contribution in [3.8, 4) is 6.07 Å². The van der Waals surface area contributed by atoms with Gasteiger partial charge in [0.05, 0.1) is 5.41 Å². The van der Waals surface area contributed by atoms with Gasteiger partial charge in [0.1, 0.15) is 17.5 Å². The largest absolute Gasteiger partial charge is 0.390 e. The number of nitrogens with two attached hydrogens (primary N) is 1. The number of hydrogen-bond donors (Lipinski definition) is 1. The average Bonchev–Trinajstić information content (AvgIpc) is 2.35. The zero-order valence-electron chi connectivity index (χ0n) is 9.79. The van der Waals surface area contributed by atoms with Crippen LogP contribution in [0.4, 0.5) is 0 Å². The van der Waals surface area contributed by atoms with Gasteiger partial charge in [-0.05, 0) is 32.1 Å². The van der Waals surface area contributed by atoms with Gasteiger partial charge in [-0.15, -0.1) is 0 Å². The summed E-state index contributed by atoms with van der Waals surface area (Å²) < 4.78 is 0. The van der Waals surface area contributed by atoms with Crippen molar-refractivity contribution in [3.05, 3.63) is 11.3 Å². The maximum absolute atomic E-state index is 12.4. The smallest absolute Gasteiger partial charge is 0.175 e. The molecule has 1 unspecified atom stereocenters. The van der Waals surface area contributed by atoms with Crippen LogP contribution in [-0.4, -0.2) is 11.6 Å². The number of allylic oxidation sites excluding steroid dienone is 2. The van der Waals surface area contributed by atoms with Crippen molar-refractivity contribution in [2.45, 2.75) is 44.9 Å². The standard InChI is InChI=1S/C13H16N2O2/c14-8-10(15)9-4-3-7-13(12(9)17)6-2-1-5-11(13)16/h1-7,15H2/b10-9-. The lowest BCUT2D eigenvalue weighted by Crippen LogP contribution is -2.45. The Morgan fingerprint density at radius 3 is 2.53 bits per heavy atom. The zero-order chi connectivity index (χ0) is 12.5. The molecule has 90 valence electrons. The molecular weight excluding hydrogens is 216 g/mol. The minimum Gasteiger partial charge on any atom is -0.390 e. The lowest BCUT2D eigenvalue weighted by Gasteiger charge is -2.38. The van der Waals surface area contributed by atoms with Gasteiger partial charge in [-0.1, -0.05) is 6.42 Å². The molecule has 2 fully saturated rings. The van der Waals surface area contributed by atoms with Gasteiger partial charge in [-0.25, -0.2) is 0 Å². The predicted octanol–water partition coefficient (Wildman–Crippen LogP) is 1.61. The minimum atomic E-state index is -0.840. The van der Waals surface area contributed by atoms with E-state index in [4.69, 9.17) is 11.0 Å². The number of rotatable bonds is 0. The van der Waals surface area contributed by atoms with Crippen LogP contribution in [0.5, 0.6) is 0 Å². The van der Waals surface area contributed by atoms with Crippen molar-refractivity contribution in [1.29, 1.82) is 5.26 Å². The van der Waals surface area contributed by atoms with E-state index in [1.807, 2.05) is 6.07 Å². The molecular formula is C13H16N2O2. The van der Waals surface area contributed by atoms with Crippen LogP contribution in [0.1, 0.15) is 44.9 Å². The van der Waals surface area contributed by atoms with E-state index in [-0.39, 0.29) is 17.3 Å². The van der Waals surface area contributed by atoms with Gasteiger partial charge in [0, 0.05) is 12.0 Å². The first-order valence-electron chi connectivity index (χ1n) is 6.08. The van der Waals surface area contributed by atoms with E-state index in [9.17, 15) is 9.59 Å². The van der Waals surface area contributed by atoms with E-state index in [1.165, 1.54) is 0 Å². The quantitative estimate of drug-likeness (QED) is 0.390. The van der Waals surface area contributed by atoms with Crippen molar-refractivity contribution in [3.63, 3.8) is 0 Å². The fraction of sp³-hybridized carbons (Fsp3) is 0.615. The first-order valence-corrected chi connectivity index (χ1v) is 6.08. The summed E-state index contributed by atoms with van der Waals surface area (Å²) >= 11 is 0. The first kappa shape index (κ1) is 11.8. The molecule has 2 rings (SSSR count). The Kier molecular flexibility index (Phi) is 3.01. The summed E-state index contributed by atoms with van der Waals surface area (Å²) in [5, 5.41) is 8.79. The molecule has 1 atom stereocenters. The highest BCUT2D eigenvalue weighted by atomic mass is 16.2. The molecule has 4 nitrogen and oxygen atoms in total. The number of Topliss-reactive ketones (excluding diaryl/α,β-unsaturated/α-hetero) is 2. The van der Waals surface area contributed by atoms with Gasteiger partial charge in [0.2, 0.25) is 0 Å². The van der Waals surface area contributed by atoms with E-state index in [0.717, 1.165) is 19.3 Å². The molecule has 0 amide bonds. The average molecular weight is 232 g/mol. The molecule has 2 aliphatic carbocycles. The summed E-state index contributed by atoms with van der Waals surface area (Å²) in [5.74, 6) is -0.121. The normalized spacial score (nSPS) is 32.4. The second-order valence-electron chi connectivity index (χ2n) is 4.90. The Hall–Kier alpha value is -1.63. The molecule has 0 radical (unpaired) electrons. The Morgan fingerprint density at radius 1 is 1.18 bits per heavy atom. The maximum atomic E-state index is 12.4. The van der Waals surface area contributed by atoms with Crippen molar-refractivity contribution in [2.24, 2.45) is 11.1 Å². The summed E-state index contributed by atoms with van der Waals surface area (Å²) in [6, 6.07) is 1.83. The van der Waals surface area contributed by atoms with Crippen LogP contribution >= 0.6 is 0 Å². The van der Waals surface area contributed by atoms with Crippen LogP contribution in [-0.2, 0) is 9.59 Å². The Labute approximate surface area is 100 Å². The van der Waals surface area contributed by atoms with Crippen LogP contribution in [0, 0.1) is 16.7 Å². The predicted molar refractivity (Wildman–Crippen MR) is 61.6 cm³/mol. The monoisotopic (exact) mass is 232 g/mol. The molecule has 0 aromatic carbocycles. The van der Waals surface area contributed by atoms with Gasteiger partial charge >= 0.3 is 0 Å². The number of ketones is 2. The molecule has 4 heteroatoms. The lowest BCUT2D eigenvalue weighted by molar-refractivity contribution is -0.143. The minimum absolute atomic E-state index is 0.00699. The molecule has 17 heavy (non-hydrogen) atoms. The van der Waals surface area contributed by atoms with Crippen LogP contribution in [0.15, 0.2) is 11.3 Å². The maximum Gasteiger partial charge on any atom is 0.175 e. The van der Waals surface area contributed by atoms with Crippen LogP contribution in [0.3, 0.4) is 0 Å². The third-order valence-electron chi connectivity index (χ3n) is 3.98. The second kappa shape index (κ2) is 4.33. The summed E-state index contributed by atoms with van der Waals surface area (Å²) in [6.45, 7) is 0.